The number of hydrogen-bond acceptors (Lipinski definition) is 4. The highest BCUT2D eigenvalue weighted by molar-refractivity contribution is 5.31. The van der Waals surface area contributed by atoms with Crippen LogP contribution in [-0.4, -0.2) is 49.1 Å². The molecule has 4 nitrogen and oxygen atoms in total. The van der Waals surface area contributed by atoms with Gasteiger partial charge in [0, 0.05) is 39.3 Å². The van der Waals surface area contributed by atoms with Gasteiger partial charge in [0.15, 0.2) is 0 Å². The molecule has 1 saturated heterocycles. The fourth-order valence-corrected chi connectivity index (χ4v) is 3.37. The molecule has 2 aromatic rings. The maximum atomic E-state index is 8.82. The third kappa shape index (κ3) is 5.96. The molecule has 136 valence electrons. The Morgan fingerprint density at radius 3 is 2.23 bits per heavy atom. The van der Waals surface area contributed by atoms with Crippen LogP contribution < -0.4 is 5.32 Å². The molecule has 3 rings (SSSR count). The van der Waals surface area contributed by atoms with E-state index in [0.717, 1.165) is 38.3 Å². The molecule has 1 fully saturated rings. The largest absolute Gasteiger partial charge is 0.313 e. The lowest BCUT2D eigenvalue weighted by Crippen LogP contribution is -2.46. The van der Waals surface area contributed by atoms with Crippen molar-refractivity contribution in [1.82, 2.24) is 15.1 Å². The predicted octanol–water partition coefficient (Wildman–Crippen LogP) is 2.86. The first-order valence-corrected chi connectivity index (χ1v) is 9.52. The molecule has 0 spiro atoms. The third-order valence-corrected chi connectivity index (χ3v) is 4.95. The van der Waals surface area contributed by atoms with E-state index >= 15 is 0 Å². The van der Waals surface area contributed by atoms with Gasteiger partial charge in [-0.1, -0.05) is 42.5 Å². The first-order chi connectivity index (χ1) is 12.8. The van der Waals surface area contributed by atoms with Crippen molar-refractivity contribution in [2.45, 2.75) is 19.5 Å². The monoisotopic (exact) mass is 348 g/mol. The van der Waals surface area contributed by atoms with E-state index in [-0.39, 0.29) is 0 Å². The van der Waals surface area contributed by atoms with Crippen LogP contribution in [0.5, 0.6) is 0 Å². The van der Waals surface area contributed by atoms with Crippen molar-refractivity contribution in [3.63, 3.8) is 0 Å². The number of hydrogen-bond donors (Lipinski definition) is 1. The highest BCUT2D eigenvalue weighted by atomic mass is 15.3. The molecular weight excluding hydrogens is 320 g/mol. The topological polar surface area (TPSA) is 42.3 Å². The summed E-state index contributed by atoms with van der Waals surface area (Å²) in [5.74, 6) is 0. The van der Waals surface area contributed by atoms with Crippen LogP contribution >= 0.6 is 0 Å². The predicted molar refractivity (Wildman–Crippen MR) is 106 cm³/mol. The normalized spacial score (nSPS) is 15.7. The van der Waals surface area contributed by atoms with Crippen molar-refractivity contribution in [3.8, 4) is 6.07 Å². The van der Waals surface area contributed by atoms with Crippen molar-refractivity contribution >= 4 is 0 Å². The van der Waals surface area contributed by atoms with Gasteiger partial charge in [-0.2, -0.15) is 5.26 Å². The average molecular weight is 348 g/mol. The van der Waals surface area contributed by atoms with E-state index in [1.807, 2.05) is 24.3 Å². The Bertz CT molecular complexity index is 682. The van der Waals surface area contributed by atoms with Crippen molar-refractivity contribution < 1.29 is 0 Å². The summed E-state index contributed by atoms with van der Waals surface area (Å²) in [5.41, 5.74) is 3.37. The molecule has 1 aliphatic rings. The summed E-state index contributed by atoms with van der Waals surface area (Å²) in [4.78, 5) is 5.12. The summed E-state index contributed by atoms with van der Waals surface area (Å²) in [6.07, 6.45) is 1.18. The van der Waals surface area contributed by atoms with E-state index in [0.29, 0.717) is 0 Å². The van der Waals surface area contributed by atoms with E-state index < -0.39 is 0 Å². The summed E-state index contributed by atoms with van der Waals surface area (Å²) in [5, 5.41) is 12.3. The molecular formula is C22H28N4. The second-order valence-electron chi connectivity index (χ2n) is 6.94. The molecule has 0 aromatic heterocycles. The number of piperazine rings is 1. The van der Waals surface area contributed by atoms with Crippen LogP contribution in [0.15, 0.2) is 54.6 Å². The van der Waals surface area contributed by atoms with E-state index in [9.17, 15) is 0 Å². The second kappa shape index (κ2) is 10.1. The van der Waals surface area contributed by atoms with Gasteiger partial charge in [-0.25, -0.2) is 0 Å². The lowest BCUT2D eigenvalue weighted by molar-refractivity contribution is 0.126. The van der Waals surface area contributed by atoms with E-state index in [1.165, 1.54) is 37.2 Å². The van der Waals surface area contributed by atoms with Crippen LogP contribution in [0.1, 0.15) is 23.1 Å². The van der Waals surface area contributed by atoms with Crippen LogP contribution in [0.2, 0.25) is 0 Å². The van der Waals surface area contributed by atoms with Crippen molar-refractivity contribution in [2.75, 3.05) is 39.3 Å². The van der Waals surface area contributed by atoms with Gasteiger partial charge >= 0.3 is 0 Å². The molecule has 0 amide bonds. The summed E-state index contributed by atoms with van der Waals surface area (Å²) in [6, 6.07) is 20.7. The molecule has 0 unspecified atom stereocenters. The Morgan fingerprint density at radius 1 is 0.846 bits per heavy atom. The van der Waals surface area contributed by atoms with Crippen molar-refractivity contribution in [3.05, 3.63) is 71.3 Å². The number of benzene rings is 2. The standard InChI is InChI=1S/C22H28N4/c23-17-20-7-9-21(10-8-20)18-24-11-4-12-25-13-15-26(16-14-25)19-22-5-2-1-3-6-22/h1-3,5-10,24H,4,11-16,18-19H2. The minimum Gasteiger partial charge on any atom is -0.313 e. The van der Waals surface area contributed by atoms with Gasteiger partial charge in [0.2, 0.25) is 0 Å². The molecule has 1 aliphatic heterocycles. The van der Waals surface area contributed by atoms with Gasteiger partial charge < -0.3 is 10.2 Å². The molecule has 0 atom stereocenters. The highest BCUT2D eigenvalue weighted by Crippen LogP contribution is 2.08. The quantitative estimate of drug-likeness (QED) is 0.745. The third-order valence-electron chi connectivity index (χ3n) is 4.95. The first kappa shape index (κ1) is 18.6. The minimum atomic E-state index is 0.722. The SMILES string of the molecule is N#Cc1ccc(CNCCCN2CCN(Cc3ccccc3)CC2)cc1. The molecule has 0 aliphatic carbocycles. The van der Waals surface area contributed by atoms with Crippen LogP contribution in [0.25, 0.3) is 0 Å². The van der Waals surface area contributed by atoms with Crippen LogP contribution in [-0.2, 0) is 13.1 Å². The molecule has 0 saturated carbocycles. The molecule has 1 heterocycles. The Hall–Kier alpha value is -2.19. The van der Waals surface area contributed by atoms with E-state index in [4.69, 9.17) is 5.26 Å². The first-order valence-electron chi connectivity index (χ1n) is 9.52. The summed E-state index contributed by atoms with van der Waals surface area (Å²) in [7, 11) is 0. The Morgan fingerprint density at radius 2 is 1.54 bits per heavy atom. The average Bonchev–Trinajstić information content (AvgIpc) is 2.70. The zero-order chi connectivity index (χ0) is 18.0. The van der Waals surface area contributed by atoms with Crippen molar-refractivity contribution in [1.29, 1.82) is 5.26 Å². The summed E-state index contributed by atoms with van der Waals surface area (Å²) >= 11 is 0. The van der Waals surface area contributed by atoms with Gasteiger partial charge in [-0.15, -0.1) is 0 Å². The number of nitriles is 1. The maximum absolute atomic E-state index is 8.82. The van der Waals surface area contributed by atoms with Gasteiger partial charge in [-0.05, 0) is 42.8 Å². The number of rotatable bonds is 8. The van der Waals surface area contributed by atoms with Crippen LogP contribution in [0.4, 0.5) is 0 Å². The second-order valence-corrected chi connectivity index (χ2v) is 6.94. The summed E-state index contributed by atoms with van der Waals surface area (Å²) in [6.45, 7) is 8.80. The van der Waals surface area contributed by atoms with E-state index in [1.54, 1.807) is 0 Å². The molecule has 1 N–H and O–H groups in total. The maximum Gasteiger partial charge on any atom is 0.0991 e. The fraction of sp³-hybridized carbons (Fsp3) is 0.409. The van der Waals surface area contributed by atoms with E-state index in [2.05, 4.69) is 51.5 Å². The Kier molecular flexibility index (Phi) is 7.21. The van der Waals surface area contributed by atoms with Crippen LogP contribution in [0.3, 0.4) is 0 Å². The zero-order valence-electron chi connectivity index (χ0n) is 15.4. The lowest BCUT2D eigenvalue weighted by atomic mass is 10.1. The lowest BCUT2D eigenvalue weighted by Gasteiger charge is -2.34. The van der Waals surface area contributed by atoms with Crippen LogP contribution in [0, 0.1) is 11.3 Å². The Balaban J connectivity index is 1.26. The van der Waals surface area contributed by atoms with Crippen molar-refractivity contribution in [2.24, 2.45) is 0 Å². The van der Waals surface area contributed by atoms with Gasteiger partial charge in [0.1, 0.15) is 0 Å². The molecule has 4 heteroatoms. The number of nitrogens with one attached hydrogen (secondary N) is 1. The van der Waals surface area contributed by atoms with Gasteiger partial charge in [-0.3, -0.25) is 4.90 Å². The highest BCUT2D eigenvalue weighted by Gasteiger charge is 2.16. The van der Waals surface area contributed by atoms with Gasteiger partial charge in [0.05, 0.1) is 11.6 Å². The zero-order valence-corrected chi connectivity index (χ0v) is 15.4. The summed E-state index contributed by atoms with van der Waals surface area (Å²) < 4.78 is 0. The molecule has 2 aromatic carbocycles. The fourth-order valence-electron chi connectivity index (χ4n) is 3.37. The molecule has 26 heavy (non-hydrogen) atoms. The minimum absolute atomic E-state index is 0.722. The number of nitrogens with zero attached hydrogens (tertiary/aromatic N) is 3. The Labute approximate surface area is 157 Å². The van der Waals surface area contributed by atoms with Gasteiger partial charge in [0.25, 0.3) is 0 Å². The molecule has 0 bridgehead atoms. The molecule has 0 radical (unpaired) electrons. The smallest absolute Gasteiger partial charge is 0.0991 e.